The first kappa shape index (κ1) is 20.7. The molecule has 0 amide bonds. The largest absolute Gasteiger partial charge is 0.493 e. The number of ether oxygens (including phenoxy) is 3. The van der Waals surface area contributed by atoms with Crippen molar-refractivity contribution in [2.24, 2.45) is 5.10 Å². The molecule has 0 spiro atoms. The number of carbonyl (C=O) groups excluding carboxylic acids is 1. The van der Waals surface area contributed by atoms with Gasteiger partial charge in [-0.2, -0.15) is 5.10 Å². The van der Waals surface area contributed by atoms with Gasteiger partial charge in [0.1, 0.15) is 0 Å². The molecule has 1 aliphatic heterocycles. The molecule has 0 radical (unpaired) electrons. The highest BCUT2D eigenvalue weighted by Crippen LogP contribution is 2.28. The Morgan fingerprint density at radius 1 is 1.34 bits per heavy atom. The molecule has 0 aliphatic carbocycles. The number of nitrogens with zero attached hydrogens (tertiary/aromatic N) is 2. The van der Waals surface area contributed by atoms with E-state index in [0.29, 0.717) is 28.7 Å². The lowest BCUT2D eigenvalue weighted by atomic mass is 10.2. The Kier molecular flexibility index (Phi) is 7.48. The predicted octanol–water partition coefficient (Wildman–Crippen LogP) is 2.29. The lowest BCUT2D eigenvalue weighted by Crippen LogP contribution is -2.37. The number of pyridine rings is 1. The number of nitrogens with one attached hydrogen (secondary N) is 2. The van der Waals surface area contributed by atoms with E-state index >= 15 is 0 Å². The maximum absolute atomic E-state index is 12.2. The number of rotatable bonds is 7. The molecule has 29 heavy (non-hydrogen) atoms. The Hall–Kier alpha value is -3.04. The van der Waals surface area contributed by atoms with E-state index in [1.54, 1.807) is 36.5 Å². The van der Waals surface area contributed by atoms with Gasteiger partial charge in [-0.15, -0.1) is 0 Å². The molecule has 2 heterocycles. The van der Waals surface area contributed by atoms with E-state index in [9.17, 15) is 4.79 Å². The number of thiocarbonyl (C=S) groups is 1. The molecule has 0 saturated carbocycles. The maximum Gasteiger partial charge on any atom is 0.343 e. The van der Waals surface area contributed by atoms with Gasteiger partial charge in [0.15, 0.2) is 16.6 Å². The van der Waals surface area contributed by atoms with Crippen LogP contribution in [0.2, 0.25) is 0 Å². The normalized spacial score (nSPS) is 15.8. The summed E-state index contributed by atoms with van der Waals surface area (Å²) in [7, 11) is 1.50. The fraction of sp³-hybridized carbons (Fsp3) is 0.300. The van der Waals surface area contributed by atoms with E-state index in [0.717, 1.165) is 25.0 Å². The van der Waals surface area contributed by atoms with Crippen molar-refractivity contribution in [2.75, 3.05) is 20.3 Å². The van der Waals surface area contributed by atoms with Crippen LogP contribution in [0.5, 0.6) is 11.5 Å². The first-order chi connectivity index (χ1) is 14.2. The summed E-state index contributed by atoms with van der Waals surface area (Å²) in [6, 6.07) is 8.27. The summed E-state index contributed by atoms with van der Waals surface area (Å²) < 4.78 is 16.3. The minimum absolute atomic E-state index is 0.199. The summed E-state index contributed by atoms with van der Waals surface area (Å²) in [5, 5.41) is 7.61. The number of aromatic nitrogens is 1. The van der Waals surface area contributed by atoms with Crippen molar-refractivity contribution in [3.05, 3.63) is 53.9 Å². The van der Waals surface area contributed by atoms with Crippen molar-refractivity contribution in [1.29, 1.82) is 0 Å². The summed E-state index contributed by atoms with van der Waals surface area (Å²) in [6.07, 6.45) is 6.97. The lowest BCUT2D eigenvalue weighted by molar-refractivity contribution is 0.0729. The molecule has 0 bridgehead atoms. The Morgan fingerprint density at radius 3 is 2.90 bits per heavy atom. The quantitative estimate of drug-likeness (QED) is 0.234. The second-order valence-electron chi connectivity index (χ2n) is 6.25. The minimum Gasteiger partial charge on any atom is -0.493 e. The Bertz CT molecular complexity index is 870. The topological polar surface area (TPSA) is 94.1 Å². The molecule has 3 rings (SSSR count). The number of esters is 1. The Morgan fingerprint density at radius 2 is 2.17 bits per heavy atom. The highest BCUT2D eigenvalue weighted by atomic mass is 32.1. The summed E-state index contributed by atoms with van der Waals surface area (Å²) in [4.78, 5) is 16.1. The SMILES string of the molecule is COc1cc(/C=N\NC(=S)NC[C@H]2CCCO2)ccc1OC(=O)c1ccncc1. The summed E-state index contributed by atoms with van der Waals surface area (Å²) in [6.45, 7) is 1.47. The van der Waals surface area contributed by atoms with E-state index in [1.807, 2.05) is 0 Å². The van der Waals surface area contributed by atoms with E-state index in [-0.39, 0.29) is 6.10 Å². The second-order valence-corrected chi connectivity index (χ2v) is 6.66. The molecule has 1 fully saturated rings. The molecule has 2 aromatic rings. The van der Waals surface area contributed by atoms with Gasteiger partial charge in [0.2, 0.25) is 0 Å². The Labute approximate surface area is 174 Å². The molecule has 1 aromatic carbocycles. The van der Waals surface area contributed by atoms with Crippen LogP contribution < -0.4 is 20.2 Å². The molecule has 2 N–H and O–H groups in total. The third-order valence-corrected chi connectivity index (χ3v) is 4.44. The van der Waals surface area contributed by atoms with Crippen LogP contribution in [0, 0.1) is 0 Å². The Balaban J connectivity index is 1.54. The molecule has 152 valence electrons. The zero-order chi connectivity index (χ0) is 20.5. The van der Waals surface area contributed by atoms with Gasteiger partial charge in [0, 0.05) is 25.5 Å². The molecular weight excluding hydrogens is 392 g/mol. The van der Waals surface area contributed by atoms with Crippen LogP contribution in [0.15, 0.2) is 47.8 Å². The summed E-state index contributed by atoms with van der Waals surface area (Å²) in [5.41, 5.74) is 3.92. The fourth-order valence-electron chi connectivity index (χ4n) is 2.71. The van der Waals surface area contributed by atoms with Crippen molar-refractivity contribution < 1.29 is 19.0 Å². The van der Waals surface area contributed by atoms with Gasteiger partial charge < -0.3 is 19.5 Å². The summed E-state index contributed by atoms with van der Waals surface area (Å²) in [5.74, 6) is 0.236. The number of carbonyl (C=O) groups is 1. The number of hydrogen-bond acceptors (Lipinski definition) is 7. The molecule has 8 nitrogen and oxygen atoms in total. The first-order valence-electron chi connectivity index (χ1n) is 9.14. The van der Waals surface area contributed by atoms with Crippen LogP contribution in [-0.2, 0) is 4.74 Å². The van der Waals surface area contributed by atoms with Gasteiger partial charge in [-0.1, -0.05) is 0 Å². The summed E-state index contributed by atoms with van der Waals surface area (Å²) >= 11 is 5.19. The van der Waals surface area contributed by atoms with Gasteiger partial charge in [-0.25, -0.2) is 4.79 Å². The fourth-order valence-corrected chi connectivity index (χ4v) is 2.85. The molecule has 1 aliphatic rings. The molecule has 9 heteroatoms. The van der Waals surface area contributed by atoms with Gasteiger partial charge in [-0.3, -0.25) is 10.4 Å². The minimum atomic E-state index is -0.489. The molecule has 1 aromatic heterocycles. The second kappa shape index (κ2) is 10.5. The smallest absolute Gasteiger partial charge is 0.343 e. The van der Waals surface area contributed by atoms with Gasteiger partial charge in [0.05, 0.1) is 25.0 Å². The molecule has 1 saturated heterocycles. The van der Waals surface area contributed by atoms with Crippen molar-refractivity contribution in [2.45, 2.75) is 18.9 Å². The zero-order valence-corrected chi connectivity index (χ0v) is 16.8. The molecule has 1 atom stereocenters. The highest BCUT2D eigenvalue weighted by Gasteiger charge is 2.15. The average Bonchev–Trinajstić information content (AvgIpc) is 3.27. The van der Waals surface area contributed by atoms with Crippen LogP contribution in [0.3, 0.4) is 0 Å². The highest BCUT2D eigenvalue weighted by molar-refractivity contribution is 7.80. The van der Waals surface area contributed by atoms with Crippen LogP contribution >= 0.6 is 12.2 Å². The van der Waals surface area contributed by atoms with Gasteiger partial charge in [-0.05, 0) is 61.0 Å². The van der Waals surface area contributed by atoms with Crippen LogP contribution in [0.4, 0.5) is 0 Å². The zero-order valence-electron chi connectivity index (χ0n) is 16.0. The molecule has 0 unspecified atom stereocenters. The third-order valence-electron chi connectivity index (χ3n) is 4.20. The number of benzene rings is 1. The van der Waals surface area contributed by atoms with Crippen molar-refractivity contribution in [1.82, 2.24) is 15.7 Å². The number of hydrogen-bond donors (Lipinski definition) is 2. The van der Waals surface area contributed by atoms with E-state index < -0.39 is 5.97 Å². The van der Waals surface area contributed by atoms with E-state index in [4.69, 9.17) is 26.4 Å². The first-order valence-corrected chi connectivity index (χ1v) is 9.55. The third kappa shape index (κ3) is 6.23. The average molecular weight is 414 g/mol. The van der Waals surface area contributed by atoms with Crippen molar-refractivity contribution in [3.63, 3.8) is 0 Å². The van der Waals surface area contributed by atoms with Crippen LogP contribution in [0.1, 0.15) is 28.8 Å². The van der Waals surface area contributed by atoms with E-state index in [1.165, 1.54) is 19.5 Å². The van der Waals surface area contributed by atoms with Gasteiger partial charge >= 0.3 is 5.97 Å². The lowest BCUT2D eigenvalue weighted by Gasteiger charge is -2.12. The van der Waals surface area contributed by atoms with Crippen LogP contribution in [0.25, 0.3) is 0 Å². The number of methoxy groups -OCH3 is 1. The van der Waals surface area contributed by atoms with Crippen molar-refractivity contribution in [3.8, 4) is 11.5 Å². The monoisotopic (exact) mass is 414 g/mol. The van der Waals surface area contributed by atoms with Crippen molar-refractivity contribution >= 4 is 29.5 Å². The van der Waals surface area contributed by atoms with Gasteiger partial charge in [0.25, 0.3) is 0 Å². The standard InChI is InChI=1S/C20H22N4O4S/c1-26-18-11-14(12-23-24-20(29)22-13-16-3-2-10-27-16)4-5-17(18)28-19(25)15-6-8-21-9-7-15/h4-9,11-12,16H,2-3,10,13H2,1H3,(H2,22,24,29)/b23-12-/t16-/m1/s1. The maximum atomic E-state index is 12.2. The van der Waals surface area contributed by atoms with E-state index in [2.05, 4.69) is 20.8 Å². The van der Waals surface area contributed by atoms with Crippen LogP contribution in [-0.4, -0.2) is 48.6 Å². The molecular formula is C20H22N4O4S. The number of hydrazone groups is 1. The predicted molar refractivity (Wildman–Crippen MR) is 112 cm³/mol.